The normalized spacial score (nSPS) is 11.3. The lowest BCUT2D eigenvalue weighted by Crippen LogP contribution is -2.27. The smallest absolute Gasteiger partial charge is 0.0954 e. The van der Waals surface area contributed by atoms with Gasteiger partial charge in [0.05, 0.1) is 17.6 Å². The van der Waals surface area contributed by atoms with Gasteiger partial charge in [-0.2, -0.15) is 0 Å². The topological polar surface area (TPSA) is 30.7 Å². The fraction of sp³-hybridized carbons (Fsp3) is 0.333. The molecular weight excluding hydrogens is 294 g/mol. The maximum Gasteiger partial charge on any atom is 0.0954 e. The zero-order valence-corrected chi connectivity index (χ0v) is 15.7. The van der Waals surface area contributed by atoms with Gasteiger partial charge in [0.15, 0.2) is 0 Å². The number of hydrogen-bond donors (Lipinski definition) is 0. The predicted octanol–water partition coefficient (Wildman–Crippen LogP) is 5.62. The molecule has 3 nitrogen and oxygen atoms in total. The van der Waals surface area contributed by atoms with E-state index in [0.29, 0.717) is 0 Å². The van der Waals surface area contributed by atoms with Crippen LogP contribution in [-0.2, 0) is 5.54 Å². The van der Waals surface area contributed by atoms with Crippen LogP contribution in [0.1, 0.15) is 52.8 Å². The molecule has 0 atom stereocenters. The van der Waals surface area contributed by atoms with E-state index >= 15 is 0 Å². The summed E-state index contributed by atoms with van der Waals surface area (Å²) in [7, 11) is 0. The molecule has 128 valence electrons. The van der Waals surface area contributed by atoms with Crippen molar-refractivity contribution >= 4 is 5.57 Å². The second-order valence-electron chi connectivity index (χ2n) is 6.03. The van der Waals surface area contributed by atoms with Crippen LogP contribution in [0.5, 0.6) is 0 Å². The van der Waals surface area contributed by atoms with Gasteiger partial charge in [-0.1, -0.05) is 50.3 Å². The molecule has 0 saturated carbocycles. The van der Waals surface area contributed by atoms with E-state index in [1.165, 1.54) is 5.57 Å². The van der Waals surface area contributed by atoms with Gasteiger partial charge in [-0.15, -0.1) is 0 Å². The summed E-state index contributed by atoms with van der Waals surface area (Å²) in [6.07, 6.45) is 13.5. The van der Waals surface area contributed by atoms with Crippen molar-refractivity contribution < 1.29 is 0 Å². The average Bonchev–Trinajstić information content (AvgIpc) is 3.13. The van der Waals surface area contributed by atoms with Gasteiger partial charge in [-0.3, -0.25) is 4.98 Å². The van der Waals surface area contributed by atoms with E-state index < -0.39 is 0 Å². The molecule has 0 radical (unpaired) electrons. The third-order valence-corrected chi connectivity index (χ3v) is 3.69. The number of rotatable bonds is 5. The highest BCUT2D eigenvalue weighted by atomic mass is 15.1. The third kappa shape index (κ3) is 4.79. The molecule has 0 amide bonds. The summed E-state index contributed by atoms with van der Waals surface area (Å²) in [6, 6.07) is 4.16. The van der Waals surface area contributed by atoms with Crippen LogP contribution in [0.2, 0.25) is 0 Å². The van der Waals surface area contributed by atoms with Crippen LogP contribution >= 0.6 is 0 Å². The Bertz CT molecular complexity index is 683. The Morgan fingerprint density at radius 2 is 1.88 bits per heavy atom. The molecule has 2 heterocycles. The summed E-state index contributed by atoms with van der Waals surface area (Å²) in [5.41, 5.74) is 4.16. The molecule has 2 aromatic rings. The Balaban J connectivity index is 0.00000139. The molecule has 2 aromatic heterocycles. The summed E-state index contributed by atoms with van der Waals surface area (Å²) in [5.74, 6) is 0. The Morgan fingerprint density at radius 3 is 2.33 bits per heavy atom. The maximum absolute atomic E-state index is 4.64. The maximum atomic E-state index is 4.64. The fourth-order valence-corrected chi connectivity index (χ4v) is 2.19. The number of imidazole rings is 1. The van der Waals surface area contributed by atoms with Gasteiger partial charge in [0.25, 0.3) is 0 Å². The van der Waals surface area contributed by atoms with E-state index in [2.05, 4.69) is 73.1 Å². The number of pyridine rings is 1. The van der Waals surface area contributed by atoms with Gasteiger partial charge < -0.3 is 4.57 Å². The average molecular weight is 323 g/mol. The lowest BCUT2D eigenvalue weighted by Gasteiger charge is -2.26. The van der Waals surface area contributed by atoms with Crippen molar-refractivity contribution in [2.45, 2.75) is 47.1 Å². The van der Waals surface area contributed by atoms with Crippen LogP contribution in [0, 0.1) is 0 Å². The molecular formula is C21H29N3. The third-order valence-electron chi connectivity index (χ3n) is 3.69. The van der Waals surface area contributed by atoms with Crippen molar-refractivity contribution in [2.24, 2.45) is 0 Å². The van der Waals surface area contributed by atoms with E-state index in [9.17, 15) is 0 Å². The van der Waals surface area contributed by atoms with Crippen LogP contribution in [0.3, 0.4) is 0 Å². The minimum Gasteiger partial charge on any atom is -0.326 e. The van der Waals surface area contributed by atoms with Gasteiger partial charge in [0.1, 0.15) is 0 Å². The SMILES string of the molecule is C=C/C(=C\C=C(C)C)c1ccc(C(C)(C)n2ccnc2)nc1.CC. The first-order chi connectivity index (χ1) is 11.4. The fourth-order valence-electron chi connectivity index (χ4n) is 2.19. The number of nitrogens with zero attached hydrogens (tertiary/aromatic N) is 3. The van der Waals surface area contributed by atoms with Gasteiger partial charge in [0, 0.05) is 18.6 Å². The zero-order valence-electron chi connectivity index (χ0n) is 15.7. The number of hydrogen-bond acceptors (Lipinski definition) is 2. The minimum absolute atomic E-state index is 0.229. The van der Waals surface area contributed by atoms with Crippen molar-refractivity contribution in [3.63, 3.8) is 0 Å². The van der Waals surface area contributed by atoms with Crippen LogP contribution in [0.25, 0.3) is 5.57 Å². The van der Waals surface area contributed by atoms with E-state index in [1.807, 2.05) is 38.6 Å². The first-order valence-corrected chi connectivity index (χ1v) is 8.38. The molecule has 0 spiro atoms. The summed E-state index contributed by atoms with van der Waals surface area (Å²) in [6.45, 7) is 16.3. The van der Waals surface area contributed by atoms with E-state index in [1.54, 1.807) is 6.20 Å². The molecule has 0 unspecified atom stereocenters. The highest BCUT2D eigenvalue weighted by molar-refractivity contribution is 5.74. The summed E-state index contributed by atoms with van der Waals surface area (Å²) < 4.78 is 2.06. The van der Waals surface area contributed by atoms with Crippen LogP contribution in [0.15, 0.2) is 67.4 Å². The molecule has 0 aromatic carbocycles. The van der Waals surface area contributed by atoms with Crippen LogP contribution in [-0.4, -0.2) is 14.5 Å². The Hall–Kier alpha value is -2.42. The van der Waals surface area contributed by atoms with Gasteiger partial charge >= 0.3 is 0 Å². The van der Waals surface area contributed by atoms with Gasteiger partial charge in [-0.25, -0.2) is 4.98 Å². The van der Waals surface area contributed by atoms with Crippen molar-refractivity contribution in [3.05, 3.63) is 78.7 Å². The second kappa shape index (κ2) is 9.02. The van der Waals surface area contributed by atoms with E-state index in [0.717, 1.165) is 16.8 Å². The molecule has 2 rings (SSSR count). The second-order valence-corrected chi connectivity index (χ2v) is 6.03. The highest BCUT2D eigenvalue weighted by Gasteiger charge is 2.23. The quantitative estimate of drug-likeness (QED) is 0.668. The van der Waals surface area contributed by atoms with Crippen LogP contribution in [0.4, 0.5) is 0 Å². The molecule has 24 heavy (non-hydrogen) atoms. The first-order valence-electron chi connectivity index (χ1n) is 8.38. The van der Waals surface area contributed by atoms with Gasteiger partial charge in [0.2, 0.25) is 0 Å². The number of allylic oxidation sites excluding steroid dienone is 5. The Labute approximate surface area is 146 Å². The van der Waals surface area contributed by atoms with Crippen molar-refractivity contribution in [1.29, 1.82) is 0 Å². The van der Waals surface area contributed by atoms with Crippen molar-refractivity contribution in [1.82, 2.24) is 14.5 Å². The van der Waals surface area contributed by atoms with Crippen LogP contribution < -0.4 is 0 Å². The summed E-state index contributed by atoms with van der Waals surface area (Å²) >= 11 is 0. The zero-order chi connectivity index (χ0) is 18.2. The highest BCUT2D eigenvalue weighted by Crippen LogP contribution is 2.25. The summed E-state index contributed by atoms with van der Waals surface area (Å²) in [4.78, 5) is 8.76. The molecule has 0 fully saturated rings. The molecule has 0 saturated heterocycles. The molecule has 0 N–H and O–H groups in total. The lowest BCUT2D eigenvalue weighted by atomic mass is 9.98. The predicted molar refractivity (Wildman–Crippen MR) is 104 cm³/mol. The molecule has 0 aliphatic rings. The molecule has 0 aliphatic carbocycles. The molecule has 3 heteroatoms. The number of aromatic nitrogens is 3. The van der Waals surface area contributed by atoms with Gasteiger partial charge in [-0.05, 0) is 44.9 Å². The Kier molecular flexibility index (Phi) is 7.37. The molecule has 0 bridgehead atoms. The van der Waals surface area contributed by atoms with E-state index in [4.69, 9.17) is 0 Å². The van der Waals surface area contributed by atoms with E-state index in [-0.39, 0.29) is 5.54 Å². The lowest BCUT2D eigenvalue weighted by molar-refractivity contribution is 0.422. The summed E-state index contributed by atoms with van der Waals surface area (Å²) in [5, 5.41) is 0. The molecule has 0 aliphatic heterocycles. The minimum atomic E-state index is -0.229. The van der Waals surface area contributed by atoms with Crippen molar-refractivity contribution in [2.75, 3.05) is 0 Å². The first kappa shape index (κ1) is 19.6. The largest absolute Gasteiger partial charge is 0.326 e. The monoisotopic (exact) mass is 323 g/mol. The standard InChI is InChI=1S/C19H23N3.C2H6/c1-6-16(8-7-15(2)3)17-9-10-18(21-13-17)19(4,5)22-12-11-20-14-22;1-2/h6-14H,1H2,2-5H3;1-2H3/b16-8+;. The van der Waals surface area contributed by atoms with Crippen molar-refractivity contribution in [3.8, 4) is 0 Å². The Morgan fingerprint density at radius 1 is 1.17 bits per heavy atom.